The number of nitrogens with one attached hydrogen (secondary N) is 1. The maximum absolute atomic E-state index is 14.0. The van der Waals surface area contributed by atoms with E-state index in [-0.39, 0.29) is 30.0 Å². The summed E-state index contributed by atoms with van der Waals surface area (Å²) in [4.78, 5) is 43.8. The second-order valence-corrected chi connectivity index (χ2v) is 12.0. The van der Waals surface area contributed by atoms with Crippen LogP contribution in [0.4, 0.5) is 13.2 Å². The second-order valence-electron chi connectivity index (χ2n) is 12.0. The van der Waals surface area contributed by atoms with Crippen LogP contribution in [0.5, 0.6) is 0 Å². The number of aliphatic imine (C=N–C) groups is 1. The number of benzene rings is 2. The Morgan fingerprint density at radius 3 is 2.15 bits per heavy atom. The van der Waals surface area contributed by atoms with Gasteiger partial charge in [0.15, 0.2) is 0 Å². The number of rotatable bonds is 7. The third-order valence-corrected chi connectivity index (χ3v) is 8.35. The Balaban J connectivity index is 1.62. The first-order valence-electron chi connectivity index (χ1n) is 13.8. The van der Waals surface area contributed by atoms with E-state index in [1.807, 2.05) is 6.92 Å². The Hall–Kier alpha value is -3.69. The Bertz CT molecular complexity index is 1320. The number of carboxylic acids is 1. The van der Waals surface area contributed by atoms with Gasteiger partial charge in [-0.15, -0.1) is 0 Å². The van der Waals surface area contributed by atoms with Gasteiger partial charge in [0.05, 0.1) is 18.0 Å². The molecule has 0 bridgehead atoms. The fourth-order valence-electron chi connectivity index (χ4n) is 5.90. The van der Waals surface area contributed by atoms with Crippen LogP contribution in [0, 0.1) is 11.3 Å². The molecular formula is C31H36F3N3O4. The third-order valence-electron chi connectivity index (χ3n) is 8.35. The van der Waals surface area contributed by atoms with Crippen LogP contribution in [-0.4, -0.2) is 45.7 Å². The monoisotopic (exact) mass is 571 g/mol. The van der Waals surface area contributed by atoms with E-state index in [2.05, 4.69) is 26.1 Å². The van der Waals surface area contributed by atoms with Crippen molar-refractivity contribution in [2.75, 3.05) is 6.54 Å². The summed E-state index contributed by atoms with van der Waals surface area (Å²) in [5.41, 5.74) is 0.149. The molecule has 1 atom stereocenters. The summed E-state index contributed by atoms with van der Waals surface area (Å²) < 4.78 is 39.5. The van der Waals surface area contributed by atoms with Gasteiger partial charge in [0.25, 0.3) is 11.8 Å². The van der Waals surface area contributed by atoms with E-state index >= 15 is 0 Å². The highest BCUT2D eigenvalue weighted by molar-refractivity contribution is 6.46. The Morgan fingerprint density at radius 2 is 1.63 bits per heavy atom. The van der Waals surface area contributed by atoms with E-state index in [9.17, 15) is 27.6 Å². The SMILES string of the molecule is C[C@H](c1ccc(C(=O)NCCC(=O)O)cc1)N1C(=O)C(c2ccc(C(F)(F)F)cc2)=NC12CCC(C(C)(C)C)CC2. The van der Waals surface area contributed by atoms with Gasteiger partial charge < -0.3 is 15.3 Å². The molecule has 2 aliphatic rings. The molecule has 220 valence electrons. The van der Waals surface area contributed by atoms with Crippen LogP contribution in [0.15, 0.2) is 53.5 Å². The van der Waals surface area contributed by atoms with Crippen molar-refractivity contribution in [3.63, 3.8) is 0 Å². The number of nitrogens with zero attached hydrogens (tertiary/aromatic N) is 2. The van der Waals surface area contributed by atoms with Crippen molar-refractivity contribution >= 4 is 23.5 Å². The number of hydrogen-bond donors (Lipinski definition) is 2. The number of carbonyl (C=O) groups excluding carboxylic acids is 2. The Labute approximate surface area is 237 Å². The molecule has 2 amide bonds. The molecule has 0 saturated heterocycles. The van der Waals surface area contributed by atoms with Crippen molar-refractivity contribution in [1.82, 2.24) is 10.2 Å². The minimum absolute atomic E-state index is 0.0107. The van der Waals surface area contributed by atoms with Gasteiger partial charge in [0.1, 0.15) is 11.4 Å². The van der Waals surface area contributed by atoms with Crippen molar-refractivity contribution in [3.8, 4) is 0 Å². The van der Waals surface area contributed by atoms with E-state index < -0.39 is 35.3 Å². The number of carbonyl (C=O) groups is 3. The van der Waals surface area contributed by atoms with Crippen LogP contribution >= 0.6 is 0 Å². The summed E-state index contributed by atoms with van der Waals surface area (Å²) in [7, 11) is 0. The van der Waals surface area contributed by atoms with Gasteiger partial charge in [-0.25, -0.2) is 0 Å². The van der Waals surface area contributed by atoms with Crippen LogP contribution in [0.2, 0.25) is 0 Å². The smallest absolute Gasteiger partial charge is 0.416 e. The average Bonchev–Trinajstić information content (AvgIpc) is 3.18. The normalized spacial score (nSPS) is 22.0. The zero-order valence-electron chi connectivity index (χ0n) is 23.7. The second kappa shape index (κ2) is 11.3. The van der Waals surface area contributed by atoms with Crippen molar-refractivity contribution < 1.29 is 32.7 Å². The van der Waals surface area contributed by atoms with E-state index in [4.69, 9.17) is 10.1 Å². The van der Waals surface area contributed by atoms with Gasteiger partial charge in [0, 0.05) is 17.7 Å². The lowest BCUT2D eigenvalue weighted by Gasteiger charge is -2.46. The number of halogens is 3. The lowest BCUT2D eigenvalue weighted by Crippen LogP contribution is -2.50. The molecule has 0 unspecified atom stereocenters. The van der Waals surface area contributed by atoms with E-state index in [0.29, 0.717) is 29.9 Å². The topological polar surface area (TPSA) is 99.1 Å². The number of alkyl halides is 3. The highest BCUT2D eigenvalue weighted by atomic mass is 19.4. The highest BCUT2D eigenvalue weighted by Crippen LogP contribution is 2.49. The zero-order valence-corrected chi connectivity index (χ0v) is 23.7. The van der Waals surface area contributed by atoms with E-state index in [1.54, 1.807) is 29.2 Å². The maximum atomic E-state index is 14.0. The van der Waals surface area contributed by atoms with Crippen molar-refractivity contribution in [2.45, 2.75) is 77.7 Å². The number of aliphatic carboxylic acids is 1. The minimum Gasteiger partial charge on any atom is -0.481 e. The number of amides is 2. The molecule has 1 heterocycles. The van der Waals surface area contributed by atoms with Gasteiger partial charge in [-0.2, -0.15) is 13.2 Å². The molecule has 2 N–H and O–H groups in total. The molecule has 7 nitrogen and oxygen atoms in total. The quantitative estimate of drug-likeness (QED) is 0.411. The van der Waals surface area contributed by atoms with Crippen LogP contribution in [0.1, 0.15) is 92.9 Å². The average molecular weight is 572 g/mol. The van der Waals surface area contributed by atoms with Gasteiger partial charge in [-0.1, -0.05) is 45.0 Å². The summed E-state index contributed by atoms with van der Waals surface area (Å²) in [6, 6.07) is 10.9. The maximum Gasteiger partial charge on any atom is 0.416 e. The summed E-state index contributed by atoms with van der Waals surface area (Å²) >= 11 is 0. The third kappa shape index (κ3) is 6.47. The van der Waals surface area contributed by atoms with Crippen LogP contribution in [-0.2, 0) is 15.8 Å². The lowest BCUT2D eigenvalue weighted by atomic mass is 9.69. The molecular weight excluding hydrogens is 535 g/mol. The van der Waals surface area contributed by atoms with Gasteiger partial charge in [-0.3, -0.25) is 19.4 Å². The fraction of sp³-hybridized carbons (Fsp3) is 0.484. The van der Waals surface area contributed by atoms with E-state index in [0.717, 1.165) is 30.5 Å². The molecule has 1 fully saturated rings. The Morgan fingerprint density at radius 1 is 1.05 bits per heavy atom. The van der Waals surface area contributed by atoms with Crippen LogP contribution < -0.4 is 5.32 Å². The molecule has 4 rings (SSSR count). The molecule has 2 aromatic carbocycles. The summed E-state index contributed by atoms with van der Waals surface area (Å²) in [5.74, 6) is -1.28. The van der Waals surface area contributed by atoms with E-state index in [1.165, 1.54) is 12.1 Å². The molecule has 41 heavy (non-hydrogen) atoms. The summed E-state index contributed by atoms with van der Waals surface area (Å²) in [6.45, 7) is 8.50. The largest absolute Gasteiger partial charge is 0.481 e. The molecule has 1 saturated carbocycles. The summed E-state index contributed by atoms with van der Waals surface area (Å²) in [6.07, 6.45) is -1.67. The van der Waals surface area contributed by atoms with Crippen LogP contribution in [0.3, 0.4) is 0 Å². The summed E-state index contributed by atoms with van der Waals surface area (Å²) in [5, 5.41) is 11.3. The first-order valence-corrected chi connectivity index (χ1v) is 13.8. The van der Waals surface area contributed by atoms with Crippen molar-refractivity contribution in [3.05, 3.63) is 70.8 Å². The fourth-order valence-corrected chi connectivity index (χ4v) is 5.90. The molecule has 0 radical (unpaired) electrons. The standard InChI is InChI=1S/C31H36F3N3O4/c1-19(20-5-7-22(8-6-20)27(40)35-18-15-25(38)39)37-28(41)26(21-9-11-24(12-10-21)31(32,33)34)36-30(37)16-13-23(14-17-30)29(2,3)4/h5-12,19,23H,13-18H2,1-4H3,(H,35,40)(H,38,39)/t19-,23?,30?/m1/s1. The first kappa shape index (κ1) is 30.3. The van der Waals surface area contributed by atoms with Crippen molar-refractivity contribution in [2.24, 2.45) is 16.3 Å². The minimum atomic E-state index is -4.48. The molecule has 0 aromatic heterocycles. The first-order chi connectivity index (χ1) is 19.1. The zero-order chi connectivity index (χ0) is 30.2. The molecule has 1 spiro atoms. The highest BCUT2D eigenvalue weighted by Gasteiger charge is 2.52. The number of hydrogen-bond acceptors (Lipinski definition) is 4. The molecule has 10 heteroatoms. The van der Waals surface area contributed by atoms with Gasteiger partial charge >= 0.3 is 12.1 Å². The lowest BCUT2D eigenvalue weighted by molar-refractivity contribution is -0.138. The Kier molecular flexibility index (Phi) is 8.34. The van der Waals surface area contributed by atoms with Crippen molar-refractivity contribution in [1.29, 1.82) is 0 Å². The predicted molar refractivity (Wildman–Crippen MR) is 148 cm³/mol. The molecule has 2 aromatic rings. The number of carboxylic acid groups (broad SMARTS) is 1. The molecule has 1 aliphatic heterocycles. The van der Waals surface area contributed by atoms with Gasteiger partial charge in [-0.05, 0) is 73.8 Å². The molecule has 1 aliphatic carbocycles. The van der Waals surface area contributed by atoms with Crippen LogP contribution in [0.25, 0.3) is 0 Å². The predicted octanol–water partition coefficient (Wildman–Crippen LogP) is 6.24. The van der Waals surface area contributed by atoms with Gasteiger partial charge in [0.2, 0.25) is 0 Å².